The van der Waals surface area contributed by atoms with Gasteiger partial charge in [-0.05, 0) is 30.9 Å². The highest BCUT2D eigenvalue weighted by molar-refractivity contribution is 5.91. The fraction of sp³-hybridized carbons (Fsp3) is 0.583. The first-order valence-electron chi connectivity index (χ1n) is 5.80. The van der Waals surface area contributed by atoms with Crippen molar-refractivity contribution >= 4 is 5.91 Å². The first-order chi connectivity index (χ1) is 7.74. The molecule has 0 spiro atoms. The van der Waals surface area contributed by atoms with Gasteiger partial charge >= 0.3 is 0 Å². The minimum Gasteiger partial charge on any atom is -0.456 e. The molecule has 0 bridgehead atoms. The number of carbonyl (C=O) groups is 1. The summed E-state index contributed by atoms with van der Waals surface area (Å²) in [6.07, 6.45) is 0. The normalized spacial score (nSPS) is 28.4. The molecule has 0 unspecified atom stereocenters. The molecule has 0 aromatic carbocycles. The summed E-state index contributed by atoms with van der Waals surface area (Å²) in [6, 6.07) is 3.61. The Morgan fingerprint density at radius 1 is 1.38 bits per heavy atom. The van der Waals surface area contributed by atoms with Crippen LogP contribution in [0.1, 0.15) is 16.3 Å². The Bertz CT molecular complexity index is 401. The van der Waals surface area contributed by atoms with Gasteiger partial charge in [-0.2, -0.15) is 0 Å². The van der Waals surface area contributed by atoms with E-state index in [2.05, 4.69) is 5.32 Å². The Labute approximate surface area is 94.6 Å². The lowest BCUT2D eigenvalue weighted by Crippen LogP contribution is -2.31. The molecule has 2 aliphatic rings. The minimum absolute atomic E-state index is 0.0440. The van der Waals surface area contributed by atoms with E-state index in [4.69, 9.17) is 4.42 Å². The third-order valence-electron chi connectivity index (χ3n) is 3.63. The van der Waals surface area contributed by atoms with Gasteiger partial charge in [0.1, 0.15) is 5.76 Å². The summed E-state index contributed by atoms with van der Waals surface area (Å²) in [7, 11) is 0. The number of amides is 1. The molecular weight excluding hydrogens is 204 g/mol. The Balaban J connectivity index is 1.73. The van der Waals surface area contributed by atoms with Crippen LogP contribution in [0, 0.1) is 18.8 Å². The molecule has 1 aromatic heterocycles. The summed E-state index contributed by atoms with van der Waals surface area (Å²) >= 11 is 0. The highest BCUT2D eigenvalue weighted by Crippen LogP contribution is 2.27. The van der Waals surface area contributed by atoms with E-state index in [0.717, 1.165) is 31.9 Å². The van der Waals surface area contributed by atoms with Crippen molar-refractivity contribution in [1.82, 2.24) is 10.2 Å². The average molecular weight is 220 g/mol. The van der Waals surface area contributed by atoms with E-state index < -0.39 is 0 Å². The molecule has 1 aromatic rings. The summed E-state index contributed by atoms with van der Waals surface area (Å²) in [5.41, 5.74) is 0. The van der Waals surface area contributed by atoms with Crippen LogP contribution in [0.25, 0.3) is 0 Å². The highest BCUT2D eigenvalue weighted by atomic mass is 16.3. The Morgan fingerprint density at radius 3 is 2.62 bits per heavy atom. The Hall–Kier alpha value is -1.29. The van der Waals surface area contributed by atoms with Crippen LogP contribution in [0.5, 0.6) is 0 Å². The number of likely N-dealkylation sites (tertiary alicyclic amines) is 1. The number of hydrogen-bond acceptors (Lipinski definition) is 3. The molecule has 3 rings (SSSR count). The second-order valence-corrected chi connectivity index (χ2v) is 4.80. The van der Waals surface area contributed by atoms with Crippen molar-refractivity contribution in [3.05, 3.63) is 23.7 Å². The molecule has 0 aliphatic carbocycles. The van der Waals surface area contributed by atoms with Crippen molar-refractivity contribution in [2.45, 2.75) is 6.92 Å². The zero-order valence-corrected chi connectivity index (χ0v) is 9.40. The van der Waals surface area contributed by atoms with Gasteiger partial charge in [0.2, 0.25) is 0 Å². The summed E-state index contributed by atoms with van der Waals surface area (Å²) in [6.45, 7) is 5.70. The van der Waals surface area contributed by atoms with Crippen molar-refractivity contribution in [2.75, 3.05) is 26.2 Å². The molecule has 2 saturated heterocycles. The van der Waals surface area contributed by atoms with E-state index in [9.17, 15) is 4.79 Å². The smallest absolute Gasteiger partial charge is 0.289 e. The van der Waals surface area contributed by atoms with E-state index in [-0.39, 0.29) is 5.91 Å². The predicted molar refractivity (Wildman–Crippen MR) is 59.2 cm³/mol. The lowest BCUT2D eigenvalue weighted by molar-refractivity contribution is 0.0748. The minimum atomic E-state index is 0.0440. The van der Waals surface area contributed by atoms with Crippen molar-refractivity contribution < 1.29 is 9.21 Å². The van der Waals surface area contributed by atoms with Crippen LogP contribution in [0.3, 0.4) is 0 Å². The number of nitrogens with one attached hydrogen (secondary N) is 1. The molecule has 2 atom stereocenters. The van der Waals surface area contributed by atoms with Gasteiger partial charge in [0.05, 0.1) is 0 Å². The summed E-state index contributed by atoms with van der Waals surface area (Å²) < 4.78 is 5.37. The Morgan fingerprint density at radius 2 is 2.06 bits per heavy atom. The van der Waals surface area contributed by atoms with Gasteiger partial charge in [-0.25, -0.2) is 0 Å². The standard InChI is InChI=1S/C12H16N2O2/c1-8-2-3-11(16-8)12(15)14-6-9-4-13-5-10(9)7-14/h2-3,9-10,13H,4-7H2,1H3/t9-,10+. The first kappa shape index (κ1) is 9.90. The van der Waals surface area contributed by atoms with Gasteiger partial charge in [-0.1, -0.05) is 0 Å². The van der Waals surface area contributed by atoms with Crippen LogP contribution in [0.4, 0.5) is 0 Å². The fourth-order valence-electron chi connectivity index (χ4n) is 2.73. The maximum atomic E-state index is 12.1. The molecule has 4 heteroatoms. The SMILES string of the molecule is Cc1ccc(C(=O)N2C[C@H]3CNC[C@H]3C2)o1. The maximum absolute atomic E-state index is 12.1. The van der Waals surface area contributed by atoms with E-state index >= 15 is 0 Å². The molecule has 2 fully saturated rings. The summed E-state index contributed by atoms with van der Waals surface area (Å²) in [4.78, 5) is 14.0. The number of nitrogens with zero attached hydrogens (tertiary/aromatic N) is 1. The lowest BCUT2D eigenvalue weighted by Gasteiger charge is -2.15. The van der Waals surface area contributed by atoms with Gasteiger partial charge in [0, 0.05) is 26.2 Å². The maximum Gasteiger partial charge on any atom is 0.289 e. The van der Waals surface area contributed by atoms with E-state index in [0.29, 0.717) is 17.6 Å². The first-order valence-corrected chi connectivity index (χ1v) is 5.80. The van der Waals surface area contributed by atoms with E-state index in [1.165, 1.54) is 0 Å². The lowest BCUT2D eigenvalue weighted by atomic mass is 10.0. The summed E-state index contributed by atoms with van der Waals surface area (Å²) in [5, 5.41) is 3.37. The molecular formula is C12H16N2O2. The second kappa shape index (κ2) is 3.63. The molecule has 1 amide bonds. The molecule has 0 saturated carbocycles. The zero-order chi connectivity index (χ0) is 11.1. The van der Waals surface area contributed by atoms with Gasteiger partial charge in [-0.15, -0.1) is 0 Å². The number of aryl methyl sites for hydroxylation is 1. The van der Waals surface area contributed by atoms with Crippen LogP contribution < -0.4 is 5.32 Å². The van der Waals surface area contributed by atoms with Crippen LogP contribution >= 0.6 is 0 Å². The number of hydrogen-bond donors (Lipinski definition) is 1. The second-order valence-electron chi connectivity index (χ2n) is 4.80. The molecule has 0 radical (unpaired) electrons. The molecule has 2 aliphatic heterocycles. The van der Waals surface area contributed by atoms with E-state index in [1.54, 1.807) is 6.07 Å². The third-order valence-corrected chi connectivity index (χ3v) is 3.63. The topological polar surface area (TPSA) is 45.5 Å². The molecule has 4 nitrogen and oxygen atoms in total. The van der Waals surface area contributed by atoms with Gasteiger partial charge < -0.3 is 14.6 Å². The van der Waals surface area contributed by atoms with Gasteiger partial charge in [-0.3, -0.25) is 4.79 Å². The van der Waals surface area contributed by atoms with Crippen LogP contribution in [-0.2, 0) is 0 Å². The molecule has 1 N–H and O–H groups in total. The summed E-state index contributed by atoms with van der Waals surface area (Å²) in [5.74, 6) is 2.59. The number of furan rings is 1. The number of carbonyl (C=O) groups excluding carboxylic acids is 1. The van der Waals surface area contributed by atoms with Crippen LogP contribution in [0.15, 0.2) is 16.5 Å². The average Bonchev–Trinajstić information content (AvgIpc) is 2.89. The quantitative estimate of drug-likeness (QED) is 0.764. The number of fused-ring (bicyclic) bond motifs is 1. The van der Waals surface area contributed by atoms with Gasteiger partial charge in [0.15, 0.2) is 5.76 Å². The third kappa shape index (κ3) is 1.53. The van der Waals surface area contributed by atoms with Crippen molar-refractivity contribution in [3.63, 3.8) is 0 Å². The van der Waals surface area contributed by atoms with Crippen LogP contribution in [-0.4, -0.2) is 37.0 Å². The largest absolute Gasteiger partial charge is 0.456 e. The predicted octanol–water partition coefficient (Wildman–Crippen LogP) is 0.879. The number of rotatable bonds is 1. The van der Waals surface area contributed by atoms with Gasteiger partial charge in [0.25, 0.3) is 5.91 Å². The molecule has 16 heavy (non-hydrogen) atoms. The van der Waals surface area contributed by atoms with E-state index in [1.807, 2.05) is 17.9 Å². The van der Waals surface area contributed by atoms with Crippen molar-refractivity contribution in [3.8, 4) is 0 Å². The van der Waals surface area contributed by atoms with Crippen LogP contribution in [0.2, 0.25) is 0 Å². The fourth-order valence-corrected chi connectivity index (χ4v) is 2.73. The molecule has 86 valence electrons. The van der Waals surface area contributed by atoms with Crippen molar-refractivity contribution in [1.29, 1.82) is 0 Å². The van der Waals surface area contributed by atoms with Crippen molar-refractivity contribution in [2.24, 2.45) is 11.8 Å². The molecule has 3 heterocycles. The monoisotopic (exact) mass is 220 g/mol. The highest BCUT2D eigenvalue weighted by Gasteiger charge is 2.38. The zero-order valence-electron chi connectivity index (χ0n) is 9.40. The Kier molecular flexibility index (Phi) is 2.24.